The van der Waals surface area contributed by atoms with Gasteiger partial charge < -0.3 is 20.1 Å². The zero-order valence-corrected chi connectivity index (χ0v) is 17.4. The second-order valence-electron chi connectivity index (χ2n) is 5.77. The van der Waals surface area contributed by atoms with Gasteiger partial charge >= 0.3 is 5.97 Å². The van der Waals surface area contributed by atoms with Crippen LogP contribution in [0.15, 0.2) is 46.9 Å². The van der Waals surface area contributed by atoms with Gasteiger partial charge in [-0.15, -0.1) is 0 Å². The van der Waals surface area contributed by atoms with Crippen molar-refractivity contribution in [3.63, 3.8) is 0 Å². The number of nitro benzene ring substituents is 1. The van der Waals surface area contributed by atoms with Crippen molar-refractivity contribution in [2.75, 3.05) is 25.1 Å². The summed E-state index contributed by atoms with van der Waals surface area (Å²) in [6.07, 6.45) is 0. The number of nitrogens with one attached hydrogen (secondary N) is 2. The van der Waals surface area contributed by atoms with E-state index in [1.54, 1.807) is 31.2 Å². The molecule has 2 aromatic carbocycles. The van der Waals surface area contributed by atoms with Gasteiger partial charge in [-0.2, -0.15) is 0 Å². The lowest BCUT2D eigenvalue weighted by molar-refractivity contribution is -0.384. The van der Waals surface area contributed by atoms with E-state index in [0.717, 1.165) is 4.47 Å². The Kier molecular flexibility index (Phi) is 8.29. The third-order valence-electron chi connectivity index (χ3n) is 3.61. The molecular formula is C19H18BrN3O7. The zero-order valence-electron chi connectivity index (χ0n) is 15.8. The van der Waals surface area contributed by atoms with Crippen LogP contribution in [0, 0.1) is 10.1 Å². The molecule has 11 heteroatoms. The van der Waals surface area contributed by atoms with Crippen molar-refractivity contribution in [1.29, 1.82) is 0 Å². The molecule has 0 spiro atoms. The fourth-order valence-electron chi connectivity index (χ4n) is 2.26. The van der Waals surface area contributed by atoms with Crippen molar-refractivity contribution in [3.8, 4) is 5.75 Å². The monoisotopic (exact) mass is 479 g/mol. The molecule has 0 saturated carbocycles. The van der Waals surface area contributed by atoms with Gasteiger partial charge in [0.25, 0.3) is 17.5 Å². The molecule has 0 aliphatic rings. The fraction of sp³-hybridized carbons (Fsp3) is 0.211. The van der Waals surface area contributed by atoms with Crippen molar-refractivity contribution < 1.29 is 28.8 Å². The maximum absolute atomic E-state index is 12.0. The second kappa shape index (κ2) is 10.9. The first-order chi connectivity index (χ1) is 14.3. The summed E-state index contributed by atoms with van der Waals surface area (Å²) in [6, 6.07) is 10.5. The summed E-state index contributed by atoms with van der Waals surface area (Å²) in [7, 11) is 0. The summed E-state index contributed by atoms with van der Waals surface area (Å²) in [4.78, 5) is 46.1. The number of carbonyl (C=O) groups excluding carboxylic acids is 3. The molecule has 2 aromatic rings. The number of hydrogen-bond donors (Lipinski definition) is 2. The van der Waals surface area contributed by atoms with Gasteiger partial charge in [0.1, 0.15) is 18.0 Å². The Labute approximate surface area is 179 Å². The van der Waals surface area contributed by atoms with Crippen molar-refractivity contribution >= 4 is 45.1 Å². The lowest BCUT2D eigenvalue weighted by atomic mass is 10.2. The van der Waals surface area contributed by atoms with Gasteiger partial charge in [-0.05, 0) is 43.3 Å². The Bertz CT molecular complexity index is 948. The lowest BCUT2D eigenvalue weighted by Gasteiger charge is -2.09. The quantitative estimate of drug-likeness (QED) is 0.320. The SMILES string of the molecule is CCOc1ccc(NC(=O)COC(=O)CNC(=O)c2ccc(Br)cc2)c([N+](=O)[O-])c1. The minimum Gasteiger partial charge on any atom is -0.494 e. The van der Waals surface area contributed by atoms with Crippen LogP contribution in [0.1, 0.15) is 17.3 Å². The third-order valence-corrected chi connectivity index (χ3v) is 4.14. The van der Waals surface area contributed by atoms with Gasteiger partial charge in [0, 0.05) is 10.0 Å². The van der Waals surface area contributed by atoms with Gasteiger partial charge in [0.15, 0.2) is 6.61 Å². The van der Waals surface area contributed by atoms with E-state index >= 15 is 0 Å². The number of hydrogen-bond acceptors (Lipinski definition) is 7. The molecule has 10 nitrogen and oxygen atoms in total. The predicted octanol–water partition coefficient (Wildman–Crippen LogP) is 2.67. The minimum atomic E-state index is -0.836. The first-order valence-corrected chi connectivity index (χ1v) is 9.50. The van der Waals surface area contributed by atoms with E-state index in [1.165, 1.54) is 18.2 Å². The van der Waals surface area contributed by atoms with Crippen LogP contribution in [0.25, 0.3) is 0 Å². The largest absolute Gasteiger partial charge is 0.494 e. The molecule has 0 aliphatic carbocycles. The molecule has 2 amide bonds. The molecule has 158 valence electrons. The molecule has 0 atom stereocenters. The lowest BCUT2D eigenvalue weighted by Crippen LogP contribution is -2.32. The molecule has 0 aromatic heterocycles. The number of amides is 2. The van der Waals surface area contributed by atoms with E-state index in [9.17, 15) is 24.5 Å². The van der Waals surface area contributed by atoms with Crippen molar-refractivity contribution in [1.82, 2.24) is 5.32 Å². The number of anilines is 1. The highest BCUT2D eigenvalue weighted by Crippen LogP contribution is 2.29. The normalized spacial score (nSPS) is 10.1. The smallest absolute Gasteiger partial charge is 0.325 e. The van der Waals surface area contributed by atoms with Crippen LogP contribution in [0.4, 0.5) is 11.4 Å². The summed E-state index contributed by atoms with van der Waals surface area (Å²) in [5.41, 5.74) is -0.0676. The van der Waals surface area contributed by atoms with Crippen LogP contribution >= 0.6 is 15.9 Å². The van der Waals surface area contributed by atoms with E-state index < -0.39 is 35.9 Å². The average Bonchev–Trinajstić information content (AvgIpc) is 2.72. The van der Waals surface area contributed by atoms with Crippen LogP contribution in [0.5, 0.6) is 5.75 Å². The highest BCUT2D eigenvalue weighted by Gasteiger charge is 2.18. The molecular weight excluding hydrogens is 462 g/mol. The van der Waals surface area contributed by atoms with E-state index in [-0.39, 0.29) is 17.1 Å². The maximum atomic E-state index is 12.0. The Morgan fingerprint density at radius 2 is 1.83 bits per heavy atom. The summed E-state index contributed by atoms with van der Waals surface area (Å²) in [5, 5.41) is 15.9. The number of ether oxygens (including phenoxy) is 2. The Morgan fingerprint density at radius 3 is 2.47 bits per heavy atom. The molecule has 0 saturated heterocycles. The van der Waals surface area contributed by atoms with Gasteiger partial charge in [-0.3, -0.25) is 24.5 Å². The first-order valence-electron chi connectivity index (χ1n) is 8.70. The molecule has 0 heterocycles. The standard InChI is InChI=1S/C19H18BrN3O7/c1-2-29-14-7-8-15(16(9-14)23(27)28)22-17(24)11-30-18(25)10-21-19(26)12-3-5-13(20)6-4-12/h3-9H,2,10-11H2,1H3,(H,21,26)(H,22,24). The number of carbonyl (C=O) groups is 3. The number of benzene rings is 2. The Balaban J connectivity index is 1.84. The zero-order chi connectivity index (χ0) is 22.1. The summed E-state index contributed by atoms with van der Waals surface area (Å²) < 4.78 is 10.8. The molecule has 0 unspecified atom stereocenters. The van der Waals surface area contributed by atoms with Gasteiger partial charge in [-0.1, -0.05) is 15.9 Å². The Morgan fingerprint density at radius 1 is 1.13 bits per heavy atom. The van der Waals surface area contributed by atoms with Crippen LogP contribution in [0.3, 0.4) is 0 Å². The number of esters is 1. The van der Waals surface area contributed by atoms with E-state index in [0.29, 0.717) is 12.2 Å². The van der Waals surface area contributed by atoms with Crippen molar-refractivity contribution in [3.05, 3.63) is 62.6 Å². The third kappa shape index (κ3) is 6.85. The van der Waals surface area contributed by atoms with Crippen molar-refractivity contribution in [2.45, 2.75) is 6.92 Å². The Hall–Kier alpha value is -3.47. The predicted molar refractivity (Wildman–Crippen MR) is 110 cm³/mol. The van der Waals surface area contributed by atoms with Crippen LogP contribution in [-0.4, -0.2) is 42.5 Å². The first kappa shape index (κ1) is 22.8. The molecule has 2 rings (SSSR count). The molecule has 0 aliphatic heterocycles. The summed E-state index contributed by atoms with van der Waals surface area (Å²) in [5.74, 6) is -1.80. The molecule has 2 N–H and O–H groups in total. The van der Waals surface area contributed by atoms with Gasteiger partial charge in [0.2, 0.25) is 0 Å². The number of halogens is 1. The van der Waals surface area contributed by atoms with Gasteiger partial charge in [0.05, 0.1) is 17.6 Å². The molecule has 0 fully saturated rings. The minimum absolute atomic E-state index is 0.0620. The van der Waals surface area contributed by atoms with E-state index in [1.807, 2.05) is 0 Å². The highest BCUT2D eigenvalue weighted by molar-refractivity contribution is 9.10. The summed E-state index contributed by atoms with van der Waals surface area (Å²) in [6.45, 7) is 0.955. The summed E-state index contributed by atoms with van der Waals surface area (Å²) >= 11 is 3.25. The van der Waals surface area contributed by atoms with Crippen molar-refractivity contribution in [2.24, 2.45) is 0 Å². The highest BCUT2D eigenvalue weighted by atomic mass is 79.9. The van der Waals surface area contributed by atoms with E-state index in [2.05, 4.69) is 26.6 Å². The topological polar surface area (TPSA) is 137 Å². The molecule has 30 heavy (non-hydrogen) atoms. The number of nitrogens with zero attached hydrogens (tertiary/aromatic N) is 1. The number of nitro groups is 1. The van der Waals surface area contributed by atoms with Crippen LogP contribution < -0.4 is 15.4 Å². The average molecular weight is 480 g/mol. The fourth-order valence-corrected chi connectivity index (χ4v) is 2.53. The number of rotatable bonds is 9. The second-order valence-corrected chi connectivity index (χ2v) is 6.68. The van der Waals surface area contributed by atoms with E-state index in [4.69, 9.17) is 9.47 Å². The van der Waals surface area contributed by atoms with Crippen LogP contribution in [-0.2, 0) is 14.3 Å². The molecule has 0 bridgehead atoms. The molecule has 0 radical (unpaired) electrons. The van der Waals surface area contributed by atoms with Gasteiger partial charge in [-0.25, -0.2) is 0 Å². The maximum Gasteiger partial charge on any atom is 0.325 e. The van der Waals surface area contributed by atoms with Crippen LogP contribution in [0.2, 0.25) is 0 Å².